The van der Waals surface area contributed by atoms with E-state index in [2.05, 4.69) is 10.2 Å². The first kappa shape index (κ1) is 14.1. The van der Waals surface area contributed by atoms with Crippen molar-refractivity contribution in [3.05, 3.63) is 29.3 Å². The Kier molecular flexibility index (Phi) is 3.19. The molecule has 4 nitrogen and oxygen atoms in total. The van der Waals surface area contributed by atoms with Crippen molar-refractivity contribution in [2.24, 2.45) is 5.92 Å². The third kappa shape index (κ3) is 2.04. The summed E-state index contributed by atoms with van der Waals surface area (Å²) in [6, 6.07) is 6.01. The topological polar surface area (TPSA) is 41.6 Å². The number of hydrogen-bond donors (Lipinski definition) is 1. The summed E-state index contributed by atoms with van der Waals surface area (Å²) >= 11 is 0. The number of hydrogen-bond acceptors (Lipinski definition) is 3. The van der Waals surface area contributed by atoms with E-state index in [4.69, 9.17) is 4.74 Å². The van der Waals surface area contributed by atoms with Crippen LogP contribution in [0, 0.1) is 12.8 Å². The lowest BCUT2D eigenvalue weighted by Gasteiger charge is -2.52. The number of aryl methyl sites for hydroxylation is 1. The van der Waals surface area contributed by atoms with Gasteiger partial charge in [-0.3, -0.25) is 9.69 Å². The summed E-state index contributed by atoms with van der Waals surface area (Å²) in [6.07, 6.45) is 4.95. The van der Waals surface area contributed by atoms with Gasteiger partial charge in [-0.15, -0.1) is 0 Å². The number of amides is 1. The number of ether oxygens (including phenoxy) is 1. The number of benzene rings is 1. The smallest absolute Gasteiger partial charge is 0.251 e. The van der Waals surface area contributed by atoms with E-state index in [0.717, 1.165) is 16.9 Å². The van der Waals surface area contributed by atoms with E-state index in [-0.39, 0.29) is 5.91 Å². The molecule has 1 N–H and O–H groups in total. The maximum absolute atomic E-state index is 12.7. The van der Waals surface area contributed by atoms with Gasteiger partial charge in [0.2, 0.25) is 0 Å². The van der Waals surface area contributed by atoms with E-state index in [0.29, 0.717) is 17.5 Å². The predicted molar refractivity (Wildman–Crippen MR) is 85.2 cm³/mol. The molecule has 118 valence electrons. The Morgan fingerprint density at radius 1 is 1.32 bits per heavy atom. The molecule has 5 rings (SSSR count). The Morgan fingerprint density at radius 3 is 2.64 bits per heavy atom. The van der Waals surface area contributed by atoms with E-state index >= 15 is 0 Å². The Balaban J connectivity index is 1.53. The van der Waals surface area contributed by atoms with Crippen LogP contribution in [0.15, 0.2) is 18.2 Å². The van der Waals surface area contributed by atoms with Crippen LogP contribution in [0.25, 0.3) is 0 Å². The molecule has 1 amide bonds. The number of rotatable bonds is 3. The number of piperidine rings is 3. The van der Waals surface area contributed by atoms with Crippen molar-refractivity contribution >= 4 is 5.91 Å². The van der Waals surface area contributed by atoms with E-state index in [1.54, 1.807) is 7.11 Å². The van der Waals surface area contributed by atoms with Crippen molar-refractivity contribution in [3.8, 4) is 5.75 Å². The van der Waals surface area contributed by atoms with Crippen molar-refractivity contribution in [2.75, 3.05) is 20.2 Å². The Hall–Kier alpha value is -1.55. The molecule has 4 fully saturated rings. The van der Waals surface area contributed by atoms with Gasteiger partial charge in [0.15, 0.2) is 0 Å². The summed E-state index contributed by atoms with van der Waals surface area (Å²) < 4.78 is 5.27. The first-order valence-electron chi connectivity index (χ1n) is 8.34. The molecule has 2 bridgehead atoms. The van der Waals surface area contributed by atoms with E-state index in [9.17, 15) is 4.79 Å². The Labute approximate surface area is 131 Å². The van der Waals surface area contributed by atoms with Crippen LogP contribution < -0.4 is 10.1 Å². The molecule has 1 saturated carbocycles. The summed E-state index contributed by atoms with van der Waals surface area (Å²) in [5.74, 6) is 1.56. The lowest BCUT2D eigenvalue weighted by atomic mass is 9.77. The molecule has 0 radical (unpaired) electrons. The van der Waals surface area contributed by atoms with Crippen LogP contribution >= 0.6 is 0 Å². The predicted octanol–water partition coefficient (Wildman–Crippen LogP) is 2.36. The van der Waals surface area contributed by atoms with Crippen LogP contribution in [-0.2, 0) is 0 Å². The molecule has 3 saturated heterocycles. The highest BCUT2D eigenvalue weighted by molar-refractivity contribution is 5.95. The van der Waals surface area contributed by atoms with E-state index in [1.807, 2.05) is 25.1 Å². The van der Waals surface area contributed by atoms with Crippen molar-refractivity contribution < 1.29 is 9.53 Å². The molecule has 4 heteroatoms. The molecule has 1 spiro atoms. The molecule has 22 heavy (non-hydrogen) atoms. The van der Waals surface area contributed by atoms with Gasteiger partial charge < -0.3 is 10.1 Å². The highest BCUT2D eigenvalue weighted by atomic mass is 16.5. The standard InChI is InChI=1S/C18H24N2O2/c1-12-11-14(3-4-15(12)22-2)17(21)19-16-13-5-9-20(10-6-13)18(16)7-8-18/h3-4,11,13,16H,5-10H2,1-2H3,(H,19,21)/t16-/m0/s1. The summed E-state index contributed by atoms with van der Waals surface area (Å²) in [4.78, 5) is 15.3. The summed E-state index contributed by atoms with van der Waals surface area (Å²) in [7, 11) is 1.66. The van der Waals surface area contributed by atoms with Gasteiger partial charge >= 0.3 is 0 Å². The van der Waals surface area contributed by atoms with Gasteiger partial charge in [0, 0.05) is 11.1 Å². The van der Waals surface area contributed by atoms with Gasteiger partial charge in [-0.2, -0.15) is 0 Å². The molecule has 3 aliphatic heterocycles. The summed E-state index contributed by atoms with van der Waals surface area (Å²) in [5.41, 5.74) is 2.04. The zero-order valence-electron chi connectivity index (χ0n) is 13.4. The van der Waals surface area contributed by atoms with Gasteiger partial charge in [0.1, 0.15) is 5.75 Å². The fraction of sp³-hybridized carbons (Fsp3) is 0.611. The van der Waals surface area contributed by atoms with Crippen molar-refractivity contribution in [3.63, 3.8) is 0 Å². The first-order valence-corrected chi connectivity index (χ1v) is 8.34. The van der Waals surface area contributed by atoms with Crippen LogP contribution in [0.5, 0.6) is 5.75 Å². The highest BCUT2D eigenvalue weighted by Crippen LogP contribution is 2.53. The summed E-state index contributed by atoms with van der Waals surface area (Å²) in [6.45, 7) is 4.42. The quantitative estimate of drug-likeness (QED) is 0.932. The third-order valence-electron chi connectivity index (χ3n) is 5.93. The zero-order chi connectivity index (χ0) is 15.3. The molecule has 3 heterocycles. The third-order valence-corrected chi connectivity index (χ3v) is 5.93. The second-order valence-electron chi connectivity index (χ2n) is 7.06. The van der Waals surface area contributed by atoms with E-state index in [1.165, 1.54) is 38.8 Å². The number of carbonyl (C=O) groups is 1. The van der Waals surface area contributed by atoms with Crippen molar-refractivity contribution in [2.45, 2.75) is 44.2 Å². The molecule has 1 aromatic carbocycles. The monoisotopic (exact) mass is 300 g/mol. The minimum absolute atomic E-state index is 0.0655. The maximum atomic E-state index is 12.7. The van der Waals surface area contributed by atoms with Crippen LogP contribution in [0.2, 0.25) is 0 Å². The first-order chi connectivity index (χ1) is 10.6. The molecule has 4 aliphatic rings. The minimum atomic E-state index is 0.0655. The normalized spacial score (nSPS) is 31.1. The van der Waals surface area contributed by atoms with Crippen LogP contribution in [0.4, 0.5) is 0 Å². The molecule has 1 atom stereocenters. The molecular formula is C18H24N2O2. The molecule has 0 unspecified atom stereocenters. The number of carbonyl (C=O) groups excluding carboxylic acids is 1. The molecule has 1 aliphatic carbocycles. The van der Waals surface area contributed by atoms with Crippen LogP contribution in [-0.4, -0.2) is 42.6 Å². The second-order valence-corrected chi connectivity index (χ2v) is 7.06. The summed E-state index contributed by atoms with van der Waals surface area (Å²) in [5, 5.41) is 3.36. The van der Waals surface area contributed by atoms with Gasteiger partial charge in [-0.25, -0.2) is 0 Å². The average molecular weight is 300 g/mol. The molecular weight excluding hydrogens is 276 g/mol. The van der Waals surface area contributed by atoms with E-state index < -0.39 is 0 Å². The number of nitrogens with one attached hydrogen (secondary N) is 1. The highest BCUT2D eigenvalue weighted by Gasteiger charge is 2.60. The van der Waals surface area contributed by atoms with Gasteiger partial charge in [0.25, 0.3) is 5.91 Å². The van der Waals surface area contributed by atoms with Crippen molar-refractivity contribution in [1.29, 1.82) is 0 Å². The van der Waals surface area contributed by atoms with Crippen LogP contribution in [0.3, 0.4) is 0 Å². The fourth-order valence-electron chi connectivity index (χ4n) is 4.57. The Bertz CT molecular complexity index is 601. The Morgan fingerprint density at radius 2 is 2.05 bits per heavy atom. The van der Waals surface area contributed by atoms with Gasteiger partial charge in [-0.1, -0.05) is 0 Å². The number of nitrogens with zero attached hydrogens (tertiary/aromatic N) is 1. The largest absolute Gasteiger partial charge is 0.496 e. The SMILES string of the molecule is COc1ccc(C(=O)N[C@H]2C3CCN(CC3)C23CC3)cc1C. The lowest BCUT2D eigenvalue weighted by Crippen LogP contribution is -2.65. The zero-order valence-corrected chi connectivity index (χ0v) is 13.4. The lowest BCUT2D eigenvalue weighted by molar-refractivity contribution is -0.00145. The number of fused-ring (bicyclic) bond motifs is 2. The number of methoxy groups -OCH3 is 1. The maximum Gasteiger partial charge on any atom is 0.251 e. The molecule has 1 aromatic rings. The average Bonchev–Trinajstić information content (AvgIpc) is 3.32. The van der Waals surface area contributed by atoms with Gasteiger partial charge in [0.05, 0.1) is 13.2 Å². The fourth-order valence-corrected chi connectivity index (χ4v) is 4.57. The minimum Gasteiger partial charge on any atom is -0.496 e. The molecule has 0 aromatic heterocycles. The second kappa shape index (κ2) is 4.98. The van der Waals surface area contributed by atoms with Gasteiger partial charge in [-0.05, 0) is 75.4 Å². The van der Waals surface area contributed by atoms with Crippen LogP contribution in [0.1, 0.15) is 41.6 Å². The van der Waals surface area contributed by atoms with Crippen molar-refractivity contribution in [1.82, 2.24) is 10.2 Å².